The molecule has 1 aromatic heterocycles. The third kappa shape index (κ3) is 3.01. The summed E-state index contributed by atoms with van der Waals surface area (Å²) in [6.07, 6.45) is 0.614. The summed E-state index contributed by atoms with van der Waals surface area (Å²) in [5, 5.41) is 16.4. The Labute approximate surface area is 131 Å². The Morgan fingerprint density at radius 1 is 1.35 bits per heavy atom. The Bertz CT molecular complexity index is 686. The molecule has 6 nitrogen and oxygen atoms in total. The standard InChI is InChI=1S/C15H18F2N2O4/c1-2-3-8(7-20)18-14-10-6-9(15-21-4-5-22-15)11(16)12(17)13(10)23-19-14/h6,8,15,20H,2-5,7H2,1H3,(H,18,19). The summed E-state index contributed by atoms with van der Waals surface area (Å²) in [5.74, 6) is -1.95. The lowest BCUT2D eigenvalue weighted by atomic mass is 10.1. The molecule has 0 radical (unpaired) electrons. The van der Waals surface area contributed by atoms with E-state index in [2.05, 4.69) is 10.5 Å². The highest BCUT2D eigenvalue weighted by molar-refractivity contribution is 5.89. The molecule has 1 aliphatic rings. The van der Waals surface area contributed by atoms with Crippen molar-refractivity contribution in [1.82, 2.24) is 5.16 Å². The molecule has 1 unspecified atom stereocenters. The third-order valence-corrected chi connectivity index (χ3v) is 3.75. The van der Waals surface area contributed by atoms with Crippen LogP contribution in [-0.4, -0.2) is 36.1 Å². The van der Waals surface area contributed by atoms with Gasteiger partial charge in [-0.1, -0.05) is 18.5 Å². The van der Waals surface area contributed by atoms with E-state index in [1.807, 2.05) is 6.92 Å². The average molecular weight is 328 g/mol. The summed E-state index contributed by atoms with van der Waals surface area (Å²) in [5.41, 5.74) is -0.310. The number of aromatic nitrogens is 1. The zero-order valence-corrected chi connectivity index (χ0v) is 12.6. The highest BCUT2D eigenvalue weighted by atomic mass is 19.2. The van der Waals surface area contributed by atoms with Crippen molar-refractivity contribution in [3.63, 3.8) is 0 Å². The lowest BCUT2D eigenvalue weighted by Gasteiger charge is -2.15. The summed E-state index contributed by atoms with van der Waals surface area (Å²) >= 11 is 0. The number of aliphatic hydroxyl groups is 1. The van der Waals surface area contributed by atoms with Crippen molar-refractivity contribution in [3.8, 4) is 0 Å². The second kappa shape index (κ2) is 6.77. The topological polar surface area (TPSA) is 76.8 Å². The van der Waals surface area contributed by atoms with Crippen LogP contribution in [0.1, 0.15) is 31.6 Å². The lowest BCUT2D eigenvalue weighted by molar-refractivity contribution is -0.0467. The van der Waals surface area contributed by atoms with Gasteiger partial charge < -0.3 is 24.4 Å². The van der Waals surface area contributed by atoms with Crippen molar-refractivity contribution in [2.24, 2.45) is 0 Å². The predicted octanol–water partition coefficient (Wildman–Crippen LogP) is 2.72. The molecule has 2 aromatic rings. The van der Waals surface area contributed by atoms with Crippen LogP contribution in [0.2, 0.25) is 0 Å². The Kier molecular flexibility index (Phi) is 4.74. The van der Waals surface area contributed by atoms with E-state index in [0.29, 0.717) is 19.6 Å². The van der Waals surface area contributed by atoms with Crippen molar-refractivity contribution >= 4 is 16.8 Å². The minimum Gasteiger partial charge on any atom is -0.394 e. The maximum Gasteiger partial charge on any atom is 0.207 e. The van der Waals surface area contributed by atoms with Crippen LogP contribution in [0.25, 0.3) is 11.0 Å². The predicted molar refractivity (Wildman–Crippen MR) is 78.0 cm³/mol. The smallest absolute Gasteiger partial charge is 0.207 e. The molecule has 2 heterocycles. The molecule has 0 amide bonds. The van der Waals surface area contributed by atoms with Gasteiger partial charge in [-0.05, 0) is 12.5 Å². The first-order chi connectivity index (χ1) is 11.2. The van der Waals surface area contributed by atoms with Crippen molar-refractivity contribution in [1.29, 1.82) is 0 Å². The van der Waals surface area contributed by atoms with Gasteiger partial charge in [-0.25, -0.2) is 4.39 Å². The number of ether oxygens (including phenoxy) is 2. The number of hydrogen-bond donors (Lipinski definition) is 2. The largest absolute Gasteiger partial charge is 0.394 e. The van der Waals surface area contributed by atoms with E-state index in [9.17, 15) is 13.9 Å². The number of benzene rings is 1. The highest BCUT2D eigenvalue weighted by Crippen LogP contribution is 2.34. The van der Waals surface area contributed by atoms with Gasteiger partial charge in [0, 0.05) is 5.56 Å². The molecular weight excluding hydrogens is 310 g/mol. The summed E-state index contributed by atoms with van der Waals surface area (Å²) < 4.78 is 43.7. The maximum atomic E-state index is 14.2. The average Bonchev–Trinajstić information content (AvgIpc) is 3.20. The molecule has 1 fully saturated rings. The first-order valence-electron chi connectivity index (χ1n) is 7.53. The van der Waals surface area contributed by atoms with Gasteiger partial charge in [0.05, 0.1) is 31.2 Å². The van der Waals surface area contributed by atoms with E-state index in [1.165, 1.54) is 6.07 Å². The van der Waals surface area contributed by atoms with Gasteiger partial charge in [-0.2, -0.15) is 4.39 Å². The number of halogens is 2. The van der Waals surface area contributed by atoms with Gasteiger partial charge in [0.2, 0.25) is 11.4 Å². The molecule has 0 saturated carbocycles. The third-order valence-electron chi connectivity index (χ3n) is 3.75. The number of anilines is 1. The van der Waals surface area contributed by atoms with Crippen LogP contribution in [0.4, 0.5) is 14.6 Å². The fraction of sp³-hybridized carbons (Fsp3) is 0.533. The fourth-order valence-electron chi connectivity index (χ4n) is 2.60. The van der Waals surface area contributed by atoms with Crippen molar-refractivity contribution in [2.45, 2.75) is 32.1 Å². The number of hydrogen-bond acceptors (Lipinski definition) is 6. The van der Waals surface area contributed by atoms with Crippen LogP contribution in [0.3, 0.4) is 0 Å². The van der Waals surface area contributed by atoms with Crippen LogP contribution < -0.4 is 5.32 Å². The zero-order chi connectivity index (χ0) is 16.4. The van der Waals surface area contributed by atoms with E-state index in [4.69, 9.17) is 14.0 Å². The quantitative estimate of drug-likeness (QED) is 0.849. The van der Waals surface area contributed by atoms with E-state index < -0.39 is 17.9 Å². The van der Waals surface area contributed by atoms with Gasteiger partial charge in [-0.15, -0.1) is 0 Å². The molecule has 1 aliphatic heterocycles. The molecule has 0 bridgehead atoms. The van der Waals surface area contributed by atoms with Crippen molar-refractivity contribution in [3.05, 3.63) is 23.3 Å². The van der Waals surface area contributed by atoms with Gasteiger partial charge in [0.25, 0.3) is 0 Å². The Hall–Kier alpha value is -1.77. The van der Waals surface area contributed by atoms with Gasteiger partial charge in [-0.3, -0.25) is 0 Å². The molecule has 23 heavy (non-hydrogen) atoms. The Morgan fingerprint density at radius 3 is 2.74 bits per heavy atom. The van der Waals surface area contributed by atoms with Gasteiger partial charge in [0.1, 0.15) is 0 Å². The summed E-state index contributed by atoms with van der Waals surface area (Å²) in [6.45, 7) is 2.52. The van der Waals surface area contributed by atoms with Crippen molar-refractivity contribution < 1.29 is 27.9 Å². The normalized spacial score (nSPS) is 17.0. The number of nitrogens with zero attached hydrogens (tertiary/aromatic N) is 1. The Balaban J connectivity index is 2.00. The molecule has 8 heteroatoms. The Morgan fingerprint density at radius 2 is 2.09 bits per heavy atom. The first kappa shape index (κ1) is 16.1. The van der Waals surface area contributed by atoms with E-state index in [0.717, 1.165) is 6.42 Å². The fourth-order valence-corrected chi connectivity index (χ4v) is 2.60. The van der Waals surface area contributed by atoms with Crippen LogP contribution in [-0.2, 0) is 9.47 Å². The summed E-state index contributed by atoms with van der Waals surface area (Å²) in [4.78, 5) is 0. The van der Waals surface area contributed by atoms with Crippen molar-refractivity contribution in [2.75, 3.05) is 25.1 Å². The number of fused-ring (bicyclic) bond motifs is 1. The van der Waals surface area contributed by atoms with E-state index in [-0.39, 0.29) is 35.0 Å². The number of aliphatic hydroxyl groups excluding tert-OH is 1. The van der Waals surface area contributed by atoms with Gasteiger partial charge >= 0.3 is 0 Å². The zero-order valence-electron chi connectivity index (χ0n) is 12.6. The number of nitrogens with one attached hydrogen (secondary N) is 1. The molecule has 2 N–H and O–H groups in total. The second-order valence-electron chi connectivity index (χ2n) is 5.39. The SMILES string of the molecule is CCCC(CO)Nc1noc2c(F)c(F)c(C3OCCO3)cc12. The molecular formula is C15H18F2N2O4. The summed E-state index contributed by atoms with van der Waals surface area (Å²) in [7, 11) is 0. The maximum absolute atomic E-state index is 14.2. The molecule has 1 atom stereocenters. The van der Waals surface area contributed by atoms with Crippen LogP contribution in [0, 0.1) is 11.6 Å². The lowest BCUT2D eigenvalue weighted by Crippen LogP contribution is -2.23. The first-order valence-corrected chi connectivity index (χ1v) is 7.53. The second-order valence-corrected chi connectivity index (χ2v) is 5.39. The minimum atomic E-state index is -1.13. The minimum absolute atomic E-state index is 0.0326. The van der Waals surface area contributed by atoms with Crippen LogP contribution in [0.15, 0.2) is 10.6 Å². The molecule has 3 rings (SSSR count). The highest BCUT2D eigenvalue weighted by Gasteiger charge is 2.28. The molecule has 1 saturated heterocycles. The monoisotopic (exact) mass is 328 g/mol. The van der Waals surface area contributed by atoms with Crippen LogP contribution in [0.5, 0.6) is 0 Å². The summed E-state index contributed by atoms with van der Waals surface area (Å²) in [6, 6.07) is 1.16. The number of rotatable bonds is 6. The van der Waals surface area contributed by atoms with E-state index in [1.54, 1.807) is 0 Å². The molecule has 0 aliphatic carbocycles. The van der Waals surface area contributed by atoms with Gasteiger partial charge in [0.15, 0.2) is 17.9 Å². The molecule has 1 aromatic carbocycles. The molecule has 126 valence electrons. The van der Waals surface area contributed by atoms with E-state index >= 15 is 0 Å². The van der Waals surface area contributed by atoms with Crippen LogP contribution >= 0.6 is 0 Å². The molecule has 0 spiro atoms.